The summed E-state index contributed by atoms with van der Waals surface area (Å²) in [6, 6.07) is 2.89. The molecule has 132 valence electrons. The van der Waals surface area contributed by atoms with Gasteiger partial charge in [-0.15, -0.1) is 12.4 Å². The Balaban J connectivity index is 0.00000161. The maximum atomic E-state index is 12.3. The summed E-state index contributed by atoms with van der Waals surface area (Å²) < 4.78 is 0. The first-order chi connectivity index (χ1) is 9.54. The first-order valence-corrected chi connectivity index (χ1v) is 7.23. The third-order valence-corrected chi connectivity index (χ3v) is 4.66. The lowest BCUT2D eigenvalue weighted by atomic mass is 9.84. The summed E-state index contributed by atoms with van der Waals surface area (Å²) in [4.78, 5) is 14.6. The molecule has 0 aliphatic carbocycles. The van der Waals surface area contributed by atoms with Gasteiger partial charge in [0.15, 0.2) is 0 Å². The molecule has 0 radical (unpaired) electrons. The highest BCUT2D eigenvalue weighted by atomic mass is 35.5. The number of nitrogens with two attached hydrogens (primary N) is 1. The smallest absolute Gasteiger partial charge is 0.255 e. The topological polar surface area (TPSA) is 142 Å². The van der Waals surface area contributed by atoms with Crippen LogP contribution < -0.4 is 11.1 Å². The normalized spacial score (nSPS) is 24.7. The maximum Gasteiger partial charge on any atom is 0.255 e. The molecule has 3 aliphatic heterocycles. The van der Waals surface area contributed by atoms with Gasteiger partial charge in [0, 0.05) is 18.7 Å². The van der Waals surface area contributed by atoms with Gasteiger partial charge in [-0.1, -0.05) is 11.6 Å². The van der Waals surface area contributed by atoms with Crippen molar-refractivity contribution in [2.75, 3.05) is 25.4 Å². The second-order valence-corrected chi connectivity index (χ2v) is 6.02. The van der Waals surface area contributed by atoms with Gasteiger partial charge in [-0.2, -0.15) is 0 Å². The van der Waals surface area contributed by atoms with Gasteiger partial charge in [0.1, 0.15) is 5.75 Å². The molecule has 1 atom stereocenters. The number of nitrogen functional groups attached to an aromatic ring is 1. The first kappa shape index (κ1) is 21.8. The maximum absolute atomic E-state index is 12.3. The molecule has 1 unspecified atom stereocenters. The fourth-order valence-electron chi connectivity index (χ4n) is 3.13. The van der Waals surface area contributed by atoms with Crippen LogP contribution in [0.5, 0.6) is 5.75 Å². The zero-order chi connectivity index (χ0) is 14.3. The monoisotopic (exact) mass is 367 g/mol. The quantitative estimate of drug-likeness (QED) is 0.642. The van der Waals surface area contributed by atoms with Gasteiger partial charge in [0.05, 0.1) is 16.3 Å². The summed E-state index contributed by atoms with van der Waals surface area (Å²) in [6.45, 7) is 3.13. The number of nitrogens with zero attached hydrogens (tertiary/aromatic N) is 1. The Morgan fingerprint density at radius 1 is 1.30 bits per heavy atom. The van der Waals surface area contributed by atoms with Crippen molar-refractivity contribution in [2.24, 2.45) is 5.92 Å². The van der Waals surface area contributed by atoms with Crippen LogP contribution in [0, 0.1) is 5.92 Å². The van der Waals surface area contributed by atoms with Gasteiger partial charge in [0.2, 0.25) is 0 Å². The second kappa shape index (κ2) is 8.56. The van der Waals surface area contributed by atoms with E-state index in [1.54, 1.807) is 0 Å². The summed E-state index contributed by atoms with van der Waals surface area (Å²) >= 11 is 5.91. The van der Waals surface area contributed by atoms with E-state index in [0.29, 0.717) is 5.92 Å². The van der Waals surface area contributed by atoms with Crippen molar-refractivity contribution < 1.29 is 20.9 Å². The Bertz CT molecular complexity index is 551. The Labute approximate surface area is 145 Å². The van der Waals surface area contributed by atoms with Gasteiger partial charge < -0.3 is 32.0 Å². The van der Waals surface area contributed by atoms with Crippen molar-refractivity contribution in [1.82, 2.24) is 10.2 Å². The molecule has 3 saturated heterocycles. The summed E-state index contributed by atoms with van der Waals surface area (Å²) in [7, 11) is 0. The minimum absolute atomic E-state index is 0. The minimum Gasteiger partial charge on any atom is -0.507 e. The Kier molecular flexibility index (Phi) is 8.09. The molecule has 3 fully saturated rings. The predicted molar refractivity (Wildman–Crippen MR) is 92.4 cm³/mol. The number of piperidine rings is 3. The molecule has 0 spiro atoms. The molecule has 4 rings (SSSR count). The van der Waals surface area contributed by atoms with E-state index in [1.165, 1.54) is 12.1 Å². The third-order valence-electron chi connectivity index (χ3n) is 4.33. The van der Waals surface area contributed by atoms with Gasteiger partial charge in [-0.3, -0.25) is 4.79 Å². The molecular formula is C14H23Cl2N3O4. The van der Waals surface area contributed by atoms with Crippen molar-refractivity contribution in [1.29, 1.82) is 0 Å². The third kappa shape index (κ3) is 4.39. The summed E-state index contributed by atoms with van der Waals surface area (Å²) in [5.41, 5.74) is 6.04. The number of fused-ring (bicyclic) bond motifs is 3. The number of amides is 1. The van der Waals surface area contributed by atoms with Crippen LogP contribution in [0.25, 0.3) is 0 Å². The van der Waals surface area contributed by atoms with Crippen LogP contribution in [0.3, 0.4) is 0 Å². The van der Waals surface area contributed by atoms with Crippen LogP contribution in [0.2, 0.25) is 5.02 Å². The van der Waals surface area contributed by atoms with Gasteiger partial charge in [-0.05, 0) is 37.9 Å². The number of nitrogens with one attached hydrogen (secondary N) is 1. The number of carbonyl (C=O) groups is 1. The van der Waals surface area contributed by atoms with Crippen molar-refractivity contribution in [3.63, 3.8) is 0 Å². The highest BCUT2D eigenvalue weighted by Gasteiger charge is 2.35. The van der Waals surface area contributed by atoms with E-state index in [-0.39, 0.29) is 57.3 Å². The number of halogens is 2. The van der Waals surface area contributed by atoms with Crippen LogP contribution in [0.1, 0.15) is 23.2 Å². The van der Waals surface area contributed by atoms with Crippen LogP contribution in [0.4, 0.5) is 5.69 Å². The molecule has 7 nitrogen and oxygen atoms in total. The number of aromatic hydroxyl groups is 1. The van der Waals surface area contributed by atoms with E-state index >= 15 is 0 Å². The Morgan fingerprint density at radius 3 is 2.43 bits per heavy atom. The van der Waals surface area contributed by atoms with Gasteiger partial charge in [-0.25, -0.2) is 0 Å². The Hall–Kier alpha value is -1.25. The number of hydrogen-bond donors (Lipinski definition) is 3. The summed E-state index contributed by atoms with van der Waals surface area (Å²) in [5.74, 6) is 0.115. The Morgan fingerprint density at radius 2 is 1.91 bits per heavy atom. The summed E-state index contributed by atoms with van der Waals surface area (Å²) in [5, 5.41) is 13.1. The number of benzene rings is 1. The lowest BCUT2D eigenvalue weighted by molar-refractivity contribution is 0.0619. The molecule has 8 N–H and O–H groups in total. The van der Waals surface area contributed by atoms with E-state index < -0.39 is 0 Å². The molecule has 9 heteroatoms. The molecule has 1 amide bonds. The minimum atomic E-state index is -0.289. The molecule has 0 aromatic heterocycles. The van der Waals surface area contributed by atoms with Crippen LogP contribution >= 0.6 is 24.0 Å². The van der Waals surface area contributed by atoms with E-state index in [1.807, 2.05) is 0 Å². The SMILES string of the molecule is Cl.Nc1cc(O)c(C(=O)NC2CN3CCC2CC3)cc1Cl.O.O. The predicted octanol–water partition coefficient (Wildman–Crippen LogP) is 0.224. The molecule has 23 heavy (non-hydrogen) atoms. The molecule has 3 aliphatic rings. The van der Waals surface area contributed by atoms with Crippen molar-refractivity contribution >= 4 is 35.6 Å². The number of carbonyl (C=O) groups excluding carboxylic acids is 1. The number of hydrogen-bond acceptors (Lipinski definition) is 4. The number of phenols is 1. The standard InChI is InChI=1S/C14H18ClN3O2.ClH.2H2O/c15-10-5-9(13(19)6-11(10)16)14(20)17-12-7-18-3-1-8(12)2-4-18;;;/h5-6,8,12,19H,1-4,7,16H2,(H,17,20);1H;2*1H2. The number of anilines is 1. The van der Waals surface area contributed by atoms with Gasteiger partial charge in [0.25, 0.3) is 5.91 Å². The lowest BCUT2D eigenvalue weighted by Gasteiger charge is -2.44. The molecule has 2 bridgehead atoms. The lowest BCUT2D eigenvalue weighted by Crippen LogP contribution is -2.57. The second-order valence-electron chi connectivity index (χ2n) is 5.61. The van der Waals surface area contributed by atoms with E-state index in [9.17, 15) is 9.90 Å². The van der Waals surface area contributed by atoms with Gasteiger partial charge >= 0.3 is 0 Å². The average molecular weight is 368 g/mol. The highest BCUT2D eigenvalue weighted by molar-refractivity contribution is 6.33. The van der Waals surface area contributed by atoms with E-state index in [0.717, 1.165) is 32.5 Å². The molecule has 1 aromatic carbocycles. The molecular weight excluding hydrogens is 345 g/mol. The van der Waals surface area contributed by atoms with E-state index in [2.05, 4.69) is 10.2 Å². The summed E-state index contributed by atoms with van der Waals surface area (Å²) in [6.07, 6.45) is 2.25. The van der Waals surface area contributed by atoms with E-state index in [4.69, 9.17) is 17.3 Å². The molecule has 3 heterocycles. The van der Waals surface area contributed by atoms with Crippen LogP contribution in [0.15, 0.2) is 12.1 Å². The van der Waals surface area contributed by atoms with Crippen LogP contribution in [-0.4, -0.2) is 52.5 Å². The molecule has 1 aromatic rings. The molecule has 0 saturated carbocycles. The number of phenolic OH excluding ortho intramolecular Hbond substituents is 1. The largest absolute Gasteiger partial charge is 0.507 e. The fraction of sp³-hybridized carbons (Fsp3) is 0.500. The zero-order valence-corrected chi connectivity index (χ0v) is 14.1. The first-order valence-electron chi connectivity index (χ1n) is 6.86. The van der Waals surface area contributed by atoms with Crippen molar-refractivity contribution in [3.8, 4) is 5.75 Å². The highest BCUT2D eigenvalue weighted by Crippen LogP contribution is 2.30. The van der Waals surface area contributed by atoms with Crippen molar-refractivity contribution in [2.45, 2.75) is 18.9 Å². The average Bonchev–Trinajstić information content (AvgIpc) is 2.44. The fourth-order valence-corrected chi connectivity index (χ4v) is 3.30. The number of rotatable bonds is 2. The van der Waals surface area contributed by atoms with Crippen LogP contribution in [-0.2, 0) is 0 Å². The van der Waals surface area contributed by atoms with Crippen molar-refractivity contribution in [3.05, 3.63) is 22.7 Å². The zero-order valence-electron chi connectivity index (χ0n) is 12.5.